The van der Waals surface area contributed by atoms with Crippen molar-refractivity contribution in [1.82, 2.24) is 59.2 Å². The molecule has 8 rings (SSSR count). The van der Waals surface area contributed by atoms with E-state index in [1.807, 2.05) is 13.8 Å². The second-order valence-electron chi connectivity index (χ2n) is 16.6. The van der Waals surface area contributed by atoms with Crippen molar-refractivity contribution in [3.8, 4) is 22.9 Å². The number of hydrogen-bond donors (Lipinski definition) is 4. The zero-order chi connectivity index (χ0) is 47.1. The summed E-state index contributed by atoms with van der Waals surface area (Å²) in [6.07, 6.45) is 2.32. The number of urea groups is 1. The highest BCUT2D eigenvalue weighted by Gasteiger charge is 2.40. The van der Waals surface area contributed by atoms with Crippen LogP contribution < -0.4 is 31.1 Å². The number of nitrogens with zero attached hydrogens (tertiary/aromatic N) is 8. The highest BCUT2D eigenvalue weighted by atomic mass is 32.2. The number of fused-ring (bicyclic) bond motifs is 1. The van der Waals surface area contributed by atoms with Gasteiger partial charge in [0.1, 0.15) is 34.7 Å². The normalized spacial score (nSPS) is 19.8. The lowest BCUT2D eigenvalue weighted by Crippen LogP contribution is -2.57. The molecular formula is C43H58N12O9S2. The van der Waals surface area contributed by atoms with Crippen molar-refractivity contribution < 1.29 is 35.9 Å². The van der Waals surface area contributed by atoms with Crippen LogP contribution in [0.3, 0.4) is 0 Å². The fourth-order valence-electron chi connectivity index (χ4n) is 9.05. The number of sulfonamides is 2. The van der Waals surface area contributed by atoms with Gasteiger partial charge in [0.25, 0.3) is 11.5 Å². The number of benzene rings is 2. The van der Waals surface area contributed by atoms with Crippen molar-refractivity contribution in [2.24, 2.45) is 7.05 Å². The summed E-state index contributed by atoms with van der Waals surface area (Å²) in [5.41, 5.74) is 6.33. The van der Waals surface area contributed by atoms with Gasteiger partial charge >= 0.3 is 6.03 Å². The number of hydrogen-bond acceptors (Lipinski definition) is 14. The molecule has 23 heteroatoms. The molecule has 2 saturated heterocycles. The first-order valence-corrected chi connectivity index (χ1v) is 25.3. The molecule has 21 nitrogen and oxygen atoms in total. The minimum Gasteiger partial charge on any atom is -0.493 e. The zero-order valence-corrected chi connectivity index (χ0v) is 39.7. The number of ether oxygens (including phenoxy) is 2. The molecule has 0 spiro atoms. The van der Waals surface area contributed by atoms with Crippen LogP contribution in [0.15, 0.2) is 62.4 Å². The van der Waals surface area contributed by atoms with E-state index in [4.69, 9.17) is 14.5 Å². The van der Waals surface area contributed by atoms with Crippen molar-refractivity contribution in [1.29, 1.82) is 0 Å². The SMILES string of the molecule is CCCc1nn(C)c2c(=O)[nH]c(-c3cc(S(=O)(=O)N4CCN(C(=O)N5CCN(S(=O)(=O)c6ccc(OCC)c(C7NC(=O)C8=C(N7)C(CCC)NN8C)c6)CC5)CC4)ccc3OCC)nc12. The van der Waals surface area contributed by atoms with Gasteiger partial charge in [0.05, 0.1) is 46.0 Å². The van der Waals surface area contributed by atoms with E-state index in [0.717, 1.165) is 25.0 Å². The minimum absolute atomic E-state index is 0.0220. The Hall–Kier alpha value is -5.75. The van der Waals surface area contributed by atoms with Gasteiger partial charge in [-0.15, -0.1) is 0 Å². The molecule has 0 saturated carbocycles. The van der Waals surface area contributed by atoms with E-state index >= 15 is 0 Å². The van der Waals surface area contributed by atoms with Crippen LogP contribution in [0.4, 0.5) is 4.79 Å². The first-order chi connectivity index (χ1) is 31.6. The second kappa shape index (κ2) is 18.9. The van der Waals surface area contributed by atoms with Gasteiger partial charge < -0.3 is 39.9 Å². The molecule has 4 aliphatic heterocycles. The molecule has 0 radical (unpaired) electrons. The summed E-state index contributed by atoms with van der Waals surface area (Å²) in [4.78, 5) is 51.1. The van der Waals surface area contributed by atoms with Gasteiger partial charge in [-0.3, -0.25) is 14.3 Å². The number of aromatic nitrogens is 4. The van der Waals surface area contributed by atoms with Crippen molar-refractivity contribution in [2.45, 2.75) is 75.4 Å². The predicted molar refractivity (Wildman–Crippen MR) is 244 cm³/mol. The molecule has 4 aromatic rings. The molecule has 2 fully saturated rings. The van der Waals surface area contributed by atoms with Crippen LogP contribution in [-0.2, 0) is 38.3 Å². The highest BCUT2D eigenvalue weighted by molar-refractivity contribution is 7.89. The molecule has 2 aromatic heterocycles. The van der Waals surface area contributed by atoms with Crippen molar-refractivity contribution in [2.75, 3.05) is 72.6 Å². The quantitative estimate of drug-likeness (QED) is 0.142. The first kappa shape index (κ1) is 46.8. The standard InChI is InChI=1S/C43H58N12O9S2/c1-7-11-31-35-37(50(5)48-31)41(56)46-39(44-35)29-25-27(13-15-33(29)63-9-3)65(59,60)54-21-17-52(18-22-54)43(58)53-19-23-55(24-20-53)66(61,62)28-14-16-34(64-10-4)30(26-28)40-45-36-32(12-8-2)49-51(6)38(36)42(57)47-40/h13-16,25-26,31,39,44,48H,7-12,17-24H2,1-6H3,(H,46,56)(H,45,47,57). The Balaban J connectivity index is 0.923. The molecule has 3 amide bonds. The molecule has 0 bridgehead atoms. The van der Waals surface area contributed by atoms with Crippen LogP contribution >= 0.6 is 0 Å². The van der Waals surface area contributed by atoms with Gasteiger partial charge in [0, 0.05) is 72.0 Å². The predicted octanol–water partition coefficient (Wildman–Crippen LogP) is 2.05. The van der Waals surface area contributed by atoms with Gasteiger partial charge in [-0.1, -0.05) is 26.7 Å². The Morgan fingerprint density at radius 3 is 1.95 bits per heavy atom. The van der Waals surface area contributed by atoms with E-state index < -0.39 is 31.8 Å². The Labute approximate surface area is 384 Å². The number of piperazine rings is 2. The number of carbonyl (C=O) groups is 2. The van der Waals surface area contributed by atoms with E-state index in [-0.39, 0.29) is 86.0 Å². The molecule has 4 N–H and O–H groups in total. The first-order valence-electron chi connectivity index (χ1n) is 22.5. The number of H-pyrrole nitrogens is 1. The van der Waals surface area contributed by atoms with Crippen molar-refractivity contribution >= 4 is 43.0 Å². The maximum atomic E-state index is 14.1. The monoisotopic (exact) mass is 950 g/mol. The topological polar surface area (TPSA) is 237 Å². The average Bonchev–Trinajstić information content (AvgIpc) is 3.80. The highest BCUT2D eigenvalue weighted by Crippen LogP contribution is 2.35. The molecular weight excluding hydrogens is 893 g/mol. The van der Waals surface area contributed by atoms with Gasteiger partial charge in [-0.05, 0) is 63.1 Å². The second-order valence-corrected chi connectivity index (χ2v) is 20.4. The van der Waals surface area contributed by atoms with E-state index in [1.54, 1.807) is 48.0 Å². The van der Waals surface area contributed by atoms with Gasteiger partial charge in [0.15, 0.2) is 5.52 Å². The van der Waals surface area contributed by atoms with Crippen LogP contribution in [-0.4, -0.2) is 151 Å². The smallest absolute Gasteiger partial charge is 0.320 e. The largest absolute Gasteiger partial charge is 0.493 e. The average molecular weight is 951 g/mol. The van der Waals surface area contributed by atoms with Crippen LogP contribution in [0.5, 0.6) is 11.5 Å². The third-order valence-corrected chi connectivity index (χ3v) is 16.1. The summed E-state index contributed by atoms with van der Waals surface area (Å²) >= 11 is 0. The molecule has 0 aliphatic carbocycles. The van der Waals surface area contributed by atoms with Crippen LogP contribution in [0.1, 0.15) is 64.4 Å². The fraction of sp³-hybridized carbons (Fsp3) is 0.512. The number of hydrazine groups is 1. The van der Waals surface area contributed by atoms with Gasteiger partial charge in [0.2, 0.25) is 20.0 Å². The van der Waals surface area contributed by atoms with Gasteiger partial charge in [-0.25, -0.2) is 32.0 Å². The molecule has 2 aromatic carbocycles. The van der Waals surface area contributed by atoms with Gasteiger partial charge in [-0.2, -0.15) is 13.7 Å². The van der Waals surface area contributed by atoms with E-state index in [0.29, 0.717) is 64.7 Å². The third kappa shape index (κ3) is 8.69. The Kier molecular flexibility index (Phi) is 13.4. The lowest BCUT2D eigenvalue weighted by Gasteiger charge is -2.40. The number of carbonyl (C=O) groups excluding carboxylic acids is 2. The third-order valence-electron chi connectivity index (χ3n) is 12.3. The maximum Gasteiger partial charge on any atom is 0.320 e. The molecule has 356 valence electrons. The van der Waals surface area contributed by atoms with E-state index in [1.165, 1.54) is 37.6 Å². The lowest BCUT2D eigenvalue weighted by molar-refractivity contribution is -0.120. The number of likely N-dealkylation sites (N-methyl/N-ethyl adjacent to an activating group) is 1. The summed E-state index contributed by atoms with van der Waals surface area (Å²) in [7, 11) is -4.64. The van der Waals surface area contributed by atoms with Crippen LogP contribution in [0.2, 0.25) is 0 Å². The fourth-order valence-corrected chi connectivity index (χ4v) is 12.0. The Bertz CT molecular complexity index is 2830. The number of nitrogens with one attached hydrogen (secondary N) is 4. The number of amides is 3. The summed E-state index contributed by atoms with van der Waals surface area (Å²) in [6.45, 7) is 8.98. The molecule has 2 unspecified atom stereocenters. The summed E-state index contributed by atoms with van der Waals surface area (Å²) in [5, 5.41) is 12.6. The van der Waals surface area contributed by atoms with Crippen molar-refractivity contribution in [3.05, 3.63) is 69.4 Å². The Morgan fingerprint density at radius 2 is 1.36 bits per heavy atom. The van der Waals surface area contributed by atoms with Crippen LogP contribution in [0, 0.1) is 0 Å². The molecule has 2 atom stereocenters. The minimum atomic E-state index is -4.07. The molecule has 6 heterocycles. The lowest BCUT2D eigenvalue weighted by atomic mass is 10.0. The van der Waals surface area contributed by atoms with Crippen LogP contribution in [0.25, 0.3) is 22.4 Å². The van der Waals surface area contributed by atoms with E-state index in [2.05, 4.69) is 33.1 Å². The van der Waals surface area contributed by atoms with Crippen molar-refractivity contribution in [3.63, 3.8) is 0 Å². The maximum absolute atomic E-state index is 14.1. The summed E-state index contributed by atoms with van der Waals surface area (Å²) < 4.78 is 72.5. The molecule has 66 heavy (non-hydrogen) atoms. The van der Waals surface area contributed by atoms with E-state index in [9.17, 15) is 31.2 Å². The number of aromatic amines is 1. The summed E-state index contributed by atoms with van der Waals surface area (Å²) in [6, 6.07) is 8.68. The number of aryl methyl sites for hydroxylation is 2. The molecule has 4 aliphatic rings. The Morgan fingerprint density at radius 1 is 0.773 bits per heavy atom. The summed E-state index contributed by atoms with van der Waals surface area (Å²) in [5.74, 6) is 0.653. The zero-order valence-electron chi connectivity index (χ0n) is 38.1. The number of rotatable bonds is 14.